The van der Waals surface area contributed by atoms with Crippen LogP contribution >= 0.6 is 0 Å². The topological polar surface area (TPSA) is 85.3 Å². The molecule has 2 saturated heterocycles. The molecule has 7 heteroatoms. The van der Waals surface area contributed by atoms with Crippen molar-refractivity contribution in [2.75, 3.05) is 0 Å². The van der Waals surface area contributed by atoms with Gasteiger partial charge < -0.3 is 0 Å². The fourth-order valence-electron chi connectivity index (χ4n) is 5.21. The summed E-state index contributed by atoms with van der Waals surface area (Å²) in [6.07, 6.45) is 1.62. The number of carbonyl (C=O) groups excluding carboxylic acids is 1. The molecule has 22 heavy (non-hydrogen) atoms. The summed E-state index contributed by atoms with van der Waals surface area (Å²) in [5, 5.41) is -1.68. The van der Waals surface area contributed by atoms with Crippen molar-refractivity contribution in [2.45, 2.75) is 73.4 Å². The van der Waals surface area contributed by atoms with E-state index in [0.717, 1.165) is 0 Å². The van der Waals surface area contributed by atoms with Crippen molar-refractivity contribution in [3.8, 4) is 0 Å². The van der Waals surface area contributed by atoms with Crippen molar-refractivity contribution in [2.24, 2.45) is 11.8 Å². The molecule has 0 unspecified atom stereocenters. The summed E-state index contributed by atoms with van der Waals surface area (Å²) in [7, 11) is -7.09. The number of Topliss-reactive ketones (excluding diaryl/α,β-unsaturated/α-hetero) is 1. The first-order valence-electron chi connectivity index (χ1n) is 7.91. The lowest BCUT2D eigenvalue weighted by Gasteiger charge is -2.35. The van der Waals surface area contributed by atoms with Gasteiger partial charge in [0.2, 0.25) is 0 Å². The van der Waals surface area contributed by atoms with Crippen molar-refractivity contribution in [1.82, 2.24) is 0 Å². The molecule has 2 bridgehead atoms. The normalized spacial score (nSPS) is 47.0. The second-order valence-electron chi connectivity index (χ2n) is 7.82. The van der Waals surface area contributed by atoms with Gasteiger partial charge in [0.25, 0.3) is 0 Å². The van der Waals surface area contributed by atoms with Crippen molar-refractivity contribution in [3.63, 3.8) is 0 Å². The van der Waals surface area contributed by atoms with Crippen LogP contribution in [-0.2, 0) is 24.5 Å². The Hall–Kier alpha value is -0.430. The molecular formula is C15H24O5S2. The van der Waals surface area contributed by atoms with Crippen LogP contribution in [0.2, 0.25) is 0 Å². The highest BCUT2D eigenvalue weighted by Gasteiger charge is 2.74. The third-order valence-electron chi connectivity index (χ3n) is 6.64. The first-order chi connectivity index (χ1) is 9.91. The SMILES string of the molecule is CC(C)S(=O)(=O)[C@]1(C)CC[C@@H]2[C@H]1[C@@H]1C(=O)CC[C@@]2(C)S1(=O)=O. The summed E-state index contributed by atoms with van der Waals surface area (Å²) in [6, 6.07) is 0. The van der Waals surface area contributed by atoms with E-state index in [9.17, 15) is 21.6 Å². The summed E-state index contributed by atoms with van der Waals surface area (Å²) in [4.78, 5) is 12.4. The van der Waals surface area contributed by atoms with Crippen molar-refractivity contribution in [1.29, 1.82) is 0 Å². The van der Waals surface area contributed by atoms with Gasteiger partial charge in [0.05, 0.1) is 14.7 Å². The lowest BCUT2D eigenvalue weighted by atomic mass is 9.81. The monoisotopic (exact) mass is 348 g/mol. The molecule has 5 nitrogen and oxygen atoms in total. The Bertz CT molecular complexity index is 736. The fourth-order valence-corrected chi connectivity index (χ4v) is 10.4. The summed E-state index contributed by atoms with van der Waals surface area (Å²) >= 11 is 0. The maximum absolute atomic E-state index is 12.9. The minimum Gasteiger partial charge on any atom is -0.298 e. The summed E-state index contributed by atoms with van der Waals surface area (Å²) in [6.45, 7) is 6.65. The third-order valence-corrected chi connectivity index (χ3v) is 12.7. The zero-order valence-electron chi connectivity index (χ0n) is 13.5. The fraction of sp³-hybridized carbons (Fsp3) is 0.933. The average Bonchev–Trinajstić information content (AvgIpc) is 2.77. The van der Waals surface area contributed by atoms with Crippen LogP contribution < -0.4 is 0 Å². The molecule has 0 N–H and O–H groups in total. The zero-order valence-corrected chi connectivity index (χ0v) is 15.1. The molecule has 1 aliphatic carbocycles. The molecule has 0 radical (unpaired) electrons. The second kappa shape index (κ2) is 4.35. The zero-order chi connectivity index (χ0) is 16.7. The Morgan fingerprint density at radius 2 is 1.77 bits per heavy atom. The Morgan fingerprint density at radius 1 is 1.18 bits per heavy atom. The van der Waals surface area contributed by atoms with Crippen LogP contribution in [0, 0.1) is 11.8 Å². The number of sulfone groups is 2. The van der Waals surface area contributed by atoms with Gasteiger partial charge in [-0.05, 0) is 52.9 Å². The molecule has 3 rings (SSSR count). The molecule has 5 atom stereocenters. The maximum atomic E-state index is 12.9. The van der Waals surface area contributed by atoms with Gasteiger partial charge >= 0.3 is 0 Å². The van der Waals surface area contributed by atoms with E-state index in [1.165, 1.54) is 0 Å². The Balaban J connectivity index is 2.23. The number of ketones is 1. The highest BCUT2D eigenvalue weighted by Crippen LogP contribution is 2.63. The van der Waals surface area contributed by atoms with Gasteiger partial charge in [-0.3, -0.25) is 4.79 Å². The number of rotatable bonds is 2. The van der Waals surface area contributed by atoms with E-state index in [2.05, 4.69) is 0 Å². The quantitative estimate of drug-likeness (QED) is 0.755. The van der Waals surface area contributed by atoms with Crippen LogP contribution in [0.1, 0.15) is 53.4 Å². The second-order valence-corrected chi connectivity index (χ2v) is 13.3. The highest BCUT2D eigenvalue weighted by atomic mass is 32.2. The molecule has 3 aliphatic rings. The van der Waals surface area contributed by atoms with E-state index < -0.39 is 45.6 Å². The Labute approximate surface area is 132 Å². The first-order valence-corrected chi connectivity index (χ1v) is 11.0. The predicted molar refractivity (Wildman–Crippen MR) is 84.0 cm³/mol. The van der Waals surface area contributed by atoms with E-state index >= 15 is 0 Å². The molecule has 126 valence electrons. The van der Waals surface area contributed by atoms with E-state index in [0.29, 0.717) is 19.3 Å². The molecule has 0 aromatic carbocycles. The largest absolute Gasteiger partial charge is 0.298 e. The van der Waals surface area contributed by atoms with Gasteiger partial charge in [-0.15, -0.1) is 0 Å². The molecule has 2 aliphatic heterocycles. The molecule has 0 spiro atoms. The molecular weight excluding hydrogens is 324 g/mol. The highest BCUT2D eigenvalue weighted by molar-refractivity contribution is 7.95. The number of fused-ring (bicyclic) bond motifs is 5. The lowest BCUT2D eigenvalue weighted by Crippen LogP contribution is -2.51. The average molecular weight is 348 g/mol. The van der Waals surface area contributed by atoms with Gasteiger partial charge in [0.1, 0.15) is 5.25 Å². The van der Waals surface area contributed by atoms with Gasteiger partial charge in [-0.1, -0.05) is 0 Å². The van der Waals surface area contributed by atoms with Gasteiger partial charge in [-0.25, -0.2) is 16.8 Å². The van der Waals surface area contributed by atoms with Crippen LogP contribution in [0.15, 0.2) is 0 Å². The predicted octanol–water partition coefficient (Wildman–Crippen LogP) is 1.51. The van der Waals surface area contributed by atoms with E-state index in [1.54, 1.807) is 27.7 Å². The molecule has 2 heterocycles. The third kappa shape index (κ3) is 1.57. The number of hydrogen-bond donors (Lipinski definition) is 0. The van der Waals surface area contributed by atoms with Crippen LogP contribution in [0.5, 0.6) is 0 Å². The van der Waals surface area contributed by atoms with E-state index in [-0.39, 0.29) is 18.1 Å². The summed E-state index contributed by atoms with van der Waals surface area (Å²) < 4.78 is 49.5. The molecule has 0 aromatic rings. The van der Waals surface area contributed by atoms with Gasteiger partial charge in [0, 0.05) is 12.3 Å². The Morgan fingerprint density at radius 3 is 2.32 bits per heavy atom. The van der Waals surface area contributed by atoms with Gasteiger partial charge in [0.15, 0.2) is 25.5 Å². The maximum Gasteiger partial charge on any atom is 0.166 e. The molecule has 3 fully saturated rings. The van der Waals surface area contributed by atoms with Crippen molar-refractivity contribution in [3.05, 3.63) is 0 Å². The summed E-state index contributed by atoms with van der Waals surface area (Å²) in [5.74, 6) is -1.07. The van der Waals surface area contributed by atoms with Crippen molar-refractivity contribution >= 4 is 25.5 Å². The first kappa shape index (κ1) is 16.4. The van der Waals surface area contributed by atoms with E-state index in [4.69, 9.17) is 0 Å². The number of carbonyl (C=O) groups is 1. The van der Waals surface area contributed by atoms with Crippen LogP contribution in [0.25, 0.3) is 0 Å². The van der Waals surface area contributed by atoms with E-state index in [1.807, 2.05) is 0 Å². The minimum absolute atomic E-state index is 0.215. The summed E-state index contributed by atoms with van der Waals surface area (Å²) in [5.41, 5.74) is 0. The lowest BCUT2D eigenvalue weighted by molar-refractivity contribution is -0.119. The smallest absolute Gasteiger partial charge is 0.166 e. The molecule has 1 saturated carbocycles. The van der Waals surface area contributed by atoms with Crippen LogP contribution in [0.4, 0.5) is 0 Å². The molecule has 0 aromatic heterocycles. The number of hydrogen-bond acceptors (Lipinski definition) is 5. The molecule has 0 amide bonds. The standard InChI is InChI=1S/C15H24O5S2/c1-9(2)21(17,18)15(4)7-5-10-12(15)13-11(16)6-8-14(10,3)22(13,19)20/h9-10,12-13H,5-8H2,1-4H3/t10-,12+,13+,14-,15-/m1/s1. The van der Waals surface area contributed by atoms with Crippen molar-refractivity contribution < 1.29 is 21.6 Å². The van der Waals surface area contributed by atoms with Gasteiger partial charge in [-0.2, -0.15) is 0 Å². The minimum atomic E-state index is -3.61. The Kier molecular flexibility index (Phi) is 3.25. The van der Waals surface area contributed by atoms with Crippen LogP contribution in [0.3, 0.4) is 0 Å². The van der Waals surface area contributed by atoms with Crippen LogP contribution in [-0.4, -0.2) is 42.6 Å².